The largest absolute Gasteiger partial charge is 0.479 e. The van der Waals surface area contributed by atoms with E-state index >= 15 is 0 Å². The topological polar surface area (TPSA) is 175 Å². The van der Waals surface area contributed by atoms with Gasteiger partial charge in [-0.2, -0.15) is 0 Å². The van der Waals surface area contributed by atoms with E-state index in [0.29, 0.717) is 19.3 Å². The molecule has 0 radical (unpaired) electrons. The quantitative estimate of drug-likeness (QED) is 0.0228. The first-order valence-corrected chi connectivity index (χ1v) is 28.8. The van der Waals surface area contributed by atoms with Crippen molar-refractivity contribution in [3.8, 4) is 0 Å². The van der Waals surface area contributed by atoms with E-state index in [2.05, 4.69) is 154 Å². The van der Waals surface area contributed by atoms with Crippen LogP contribution in [0.2, 0.25) is 0 Å². The number of ether oxygens (including phenoxy) is 5. The molecule has 0 aliphatic carbocycles. The summed E-state index contributed by atoms with van der Waals surface area (Å²) in [5.74, 6) is -3.54. The third kappa shape index (κ3) is 42.4. The zero-order valence-corrected chi connectivity index (χ0v) is 47.8. The van der Waals surface area contributed by atoms with Gasteiger partial charge in [-0.15, -0.1) is 0 Å². The minimum Gasteiger partial charge on any atom is -0.479 e. The lowest BCUT2D eigenvalue weighted by atomic mass is 9.98. The molecule has 1 rings (SSSR count). The number of unbranched alkanes of at least 4 members (excludes halogenated alkanes) is 3. The zero-order chi connectivity index (χ0) is 57.5. The van der Waals surface area contributed by atoms with Gasteiger partial charge in [-0.3, -0.25) is 14.4 Å². The summed E-state index contributed by atoms with van der Waals surface area (Å²) in [6.07, 6.45) is 67.7. The van der Waals surface area contributed by atoms with E-state index in [1.165, 1.54) is 0 Å². The van der Waals surface area contributed by atoms with E-state index in [1.807, 2.05) is 36.5 Å². The number of carboxylic acid groups (broad SMARTS) is 1. The zero-order valence-electron chi connectivity index (χ0n) is 47.8. The number of rotatable bonds is 45. The molecule has 0 aromatic carbocycles. The number of aliphatic carboxylic acids is 1. The maximum atomic E-state index is 13.1. The van der Waals surface area contributed by atoms with E-state index in [4.69, 9.17) is 23.7 Å². The lowest BCUT2D eigenvalue weighted by Crippen LogP contribution is -2.61. The molecule has 0 aromatic heterocycles. The molecule has 1 aliphatic heterocycles. The first-order chi connectivity index (χ1) is 38.6. The molecule has 0 bridgehead atoms. The number of allylic oxidation sites excluding steroid dienone is 28. The van der Waals surface area contributed by atoms with Crippen LogP contribution in [-0.2, 0) is 42.9 Å². The molecule has 6 unspecified atom stereocenters. The molecule has 436 valence electrons. The van der Waals surface area contributed by atoms with Gasteiger partial charge in [0.05, 0.1) is 19.4 Å². The molecule has 0 aromatic rings. The summed E-state index contributed by atoms with van der Waals surface area (Å²) < 4.78 is 28.1. The molecule has 12 heteroatoms. The summed E-state index contributed by atoms with van der Waals surface area (Å²) in [6.45, 7) is 5.43. The minimum absolute atomic E-state index is 0.00998. The number of hydrogen-bond donors (Lipinski definition) is 3. The normalized spacial score (nSPS) is 19.2. The Balaban J connectivity index is 2.83. The molecule has 1 fully saturated rings. The van der Waals surface area contributed by atoms with Gasteiger partial charge < -0.3 is 39.0 Å². The smallest absolute Gasteiger partial charge is 0.335 e. The summed E-state index contributed by atoms with van der Waals surface area (Å²) in [4.78, 5) is 51.0. The fourth-order valence-electron chi connectivity index (χ4n) is 7.25. The standard InChI is InChI=1S/C67H96O12/c1-4-7-10-13-16-19-22-25-28-29-30-31-34-37-40-43-46-49-52-55-61(70)78-65-63(72)62(71)64(66(73)74)79-67(65)76-57-58(77-60(69)54-51-48-45-42-39-36-33-27-24-21-18-15-12-9-6-3)56-75-59(68)53-50-47-44-41-38-35-32-26-23-20-17-14-11-8-5-2/h7-12,16-21,25-28,30-33,37-42,47-48,50-51,58,62-65,67,71-72H,4-6,13-15,22-24,29,34-36,43-46,49,52-57H2,1-3H3,(H,73,74)/b10-7-,11-8-,12-9-,19-16-,20-17-,21-18-,28-25-,31-30-,32-26-,33-27-,40-37-,41-38-,42-39-,50-47-,51-48-. The average molecular weight is 1090 g/mol. The Bertz CT molecular complexity index is 2070. The SMILES string of the molecule is CC/C=C\C/C=C\C/C=C\C/C=C\C/C=C\CCCCCC(=O)OC1C(OCC(COC(=O)C/C=C\C/C=C\C/C=C\C/C=C\C/C=C\CC)OC(=O)C/C=C\C/C=C\C/C=C\C/C=C\C/C=C\CC)OC(C(=O)O)C(O)C1O. The monoisotopic (exact) mass is 1090 g/mol. The number of carbonyl (C=O) groups is 4. The fraction of sp³-hybridized carbons (Fsp3) is 0.493. The number of aliphatic hydroxyl groups is 2. The Kier molecular flexibility index (Phi) is 47.1. The molecule has 12 nitrogen and oxygen atoms in total. The van der Waals surface area contributed by atoms with Gasteiger partial charge in [-0.05, 0) is 116 Å². The summed E-state index contributed by atoms with van der Waals surface area (Å²) in [5.41, 5.74) is 0. The van der Waals surface area contributed by atoms with Crippen LogP contribution in [0.25, 0.3) is 0 Å². The molecule has 0 spiro atoms. The molecule has 1 heterocycles. The van der Waals surface area contributed by atoms with Crippen LogP contribution < -0.4 is 0 Å². The van der Waals surface area contributed by atoms with Gasteiger partial charge in [0.25, 0.3) is 0 Å². The van der Waals surface area contributed by atoms with Crippen LogP contribution in [0.3, 0.4) is 0 Å². The van der Waals surface area contributed by atoms with Crippen LogP contribution in [0, 0.1) is 0 Å². The van der Waals surface area contributed by atoms with Crippen molar-refractivity contribution < 1.29 is 58.2 Å². The Hall–Kier alpha value is -6.18. The highest BCUT2D eigenvalue weighted by molar-refractivity contribution is 5.74. The van der Waals surface area contributed by atoms with Gasteiger partial charge in [0.15, 0.2) is 24.6 Å². The van der Waals surface area contributed by atoms with Gasteiger partial charge >= 0.3 is 23.9 Å². The van der Waals surface area contributed by atoms with Gasteiger partial charge in [-0.25, -0.2) is 4.79 Å². The van der Waals surface area contributed by atoms with Crippen molar-refractivity contribution in [2.24, 2.45) is 0 Å². The van der Waals surface area contributed by atoms with Crippen LogP contribution in [0.15, 0.2) is 182 Å². The Labute approximate surface area is 474 Å². The fourth-order valence-corrected chi connectivity index (χ4v) is 7.25. The first kappa shape index (κ1) is 70.8. The van der Waals surface area contributed by atoms with Crippen LogP contribution in [0.5, 0.6) is 0 Å². The molecular formula is C67H96O12. The molecule has 3 N–H and O–H groups in total. The molecule has 1 aliphatic rings. The average Bonchev–Trinajstić information content (AvgIpc) is 3.44. The molecule has 0 amide bonds. The van der Waals surface area contributed by atoms with Crippen molar-refractivity contribution in [3.63, 3.8) is 0 Å². The Morgan fingerprint density at radius 1 is 0.430 bits per heavy atom. The second kappa shape index (κ2) is 52.5. The van der Waals surface area contributed by atoms with Gasteiger partial charge in [0.2, 0.25) is 0 Å². The number of esters is 3. The van der Waals surface area contributed by atoms with Crippen molar-refractivity contribution in [1.82, 2.24) is 0 Å². The maximum Gasteiger partial charge on any atom is 0.335 e. The molecule has 0 saturated carbocycles. The van der Waals surface area contributed by atoms with E-state index in [9.17, 15) is 34.5 Å². The second-order valence-corrected chi connectivity index (χ2v) is 18.5. The first-order valence-electron chi connectivity index (χ1n) is 28.8. The highest BCUT2D eigenvalue weighted by atomic mass is 16.7. The van der Waals surface area contributed by atoms with Gasteiger partial charge in [-0.1, -0.05) is 209 Å². The summed E-state index contributed by atoms with van der Waals surface area (Å²) in [7, 11) is 0. The van der Waals surface area contributed by atoms with Crippen LogP contribution >= 0.6 is 0 Å². The number of hydrogen-bond acceptors (Lipinski definition) is 11. The number of aliphatic hydroxyl groups excluding tert-OH is 2. The number of carboxylic acids is 1. The maximum absolute atomic E-state index is 13.1. The van der Waals surface area contributed by atoms with Crippen molar-refractivity contribution in [3.05, 3.63) is 182 Å². The van der Waals surface area contributed by atoms with Crippen LogP contribution in [0.4, 0.5) is 0 Å². The highest BCUT2D eigenvalue weighted by Gasteiger charge is 2.50. The van der Waals surface area contributed by atoms with Gasteiger partial charge in [0, 0.05) is 6.42 Å². The van der Waals surface area contributed by atoms with Crippen LogP contribution in [0.1, 0.15) is 162 Å². The summed E-state index contributed by atoms with van der Waals surface area (Å²) in [5, 5.41) is 31.5. The summed E-state index contributed by atoms with van der Waals surface area (Å²) >= 11 is 0. The minimum atomic E-state index is -1.95. The van der Waals surface area contributed by atoms with E-state index in [-0.39, 0.29) is 19.3 Å². The van der Waals surface area contributed by atoms with Crippen molar-refractivity contribution in [1.29, 1.82) is 0 Å². The molecule has 1 saturated heterocycles. The predicted octanol–water partition coefficient (Wildman–Crippen LogP) is 14.9. The molecule has 79 heavy (non-hydrogen) atoms. The highest BCUT2D eigenvalue weighted by Crippen LogP contribution is 2.26. The lowest BCUT2D eigenvalue weighted by Gasteiger charge is -2.40. The third-order valence-corrected chi connectivity index (χ3v) is 11.5. The third-order valence-electron chi connectivity index (χ3n) is 11.5. The van der Waals surface area contributed by atoms with Crippen LogP contribution in [-0.4, -0.2) is 89.2 Å². The Morgan fingerprint density at radius 3 is 1.19 bits per heavy atom. The van der Waals surface area contributed by atoms with Crippen molar-refractivity contribution in [2.45, 2.75) is 199 Å². The summed E-state index contributed by atoms with van der Waals surface area (Å²) in [6, 6.07) is 0. The van der Waals surface area contributed by atoms with Crippen molar-refractivity contribution >= 4 is 23.9 Å². The van der Waals surface area contributed by atoms with Crippen molar-refractivity contribution in [2.75, 3.05) is 13.2 Å². The van der Waals surface area contributed by atoms with E-state index < -0.39 is 73.9 Å². The molecular weight excluding hydrogens is 997 g/mol. The van der Waals surface area contributed by atoms with E-state index in [1.54, 1.807) is 12.2 Å². The molecule has 6 atom stereocenters. The number of carbonyl (C=O) groups excluding carboxylic acids is 3. The van der Waals surface area contributed by atoms with E-state index in [0.717, 1.165) is 103 Å². The van der Waals surface area contributed by atoms with Gasteiger partial charge in [0.1, 0.15) is 18.8 Å². The Morgan fingerprint density at radius 2 is 0.797 bits per heavy atom. The predicted molar refractivity (Wildman–Crippen MR) is 321 cm³/mol. The lowest BCUT2D eigenvalue weighted by molar-refractivity contribution is -0.301. The second-order valence-electron chi connectivity index (χ2n) is 18.5.